The van der Waals surface area contributed by atoms with Gasteiger partial charge in [0.15, 0.2) is 0 Å². The number of likely N-dealkylation sites (tertiary alicyclic amines) is 1. The van der Waals surface area contributed by atoms with Crippen molar-refractivity contribution in [3.05, 3.63) is 18.0 Å². The number of amides is 1. The molecule has 2 atom stereocenters. The second-order valence-electron chi connectivity index (χ2n) is 6.21. The normalized spacial score (nSPS) is 21.1. The second kappa shape index (κ2) is 7.59. The van der Waals surface area contributed by atoms with E-state index in [0.717, 1.165) is 31.4 Å². The fraction of sp³-hybridized carbons (Fsp3) is 0.750. The van der Waals surface area contributed by atoms with Crippen molar-refractivity contribution in [1.82, 2.24) is 14.7 Å². The third-order valence-electron chi connectivity index (χ3n) is 4.13. The lowest BCUT2D eigenvalue weighted by molar-refractivity contribution is -0.134. The van der Waals surface area contributed by atoms with E-state index in [1.807, 2.05) is 28.9 Å². The van der Waals surface area contributed by atoms with Crippen LogP contribution >= 0.6 is 0 Å². The first-order valence-electron chi connectivity index (χ1n) is 8.03. The van der Waals surface area contributed by atoms with E-state index in [9.17, 15) is 9.90 Å². The number of rotatable bonds is 5. The molecule has 1 aliphatic heterocycles. The minimum Gasteiger partial charge on any atom is -0.393 e. The van der Waals surface area contributed by atoms with Gasteiger partial charge in [-0.25, -0.2) is 0 Å². The molecule has 0 saturated carbocycles. The number of aliphatic hydroxyl groups excluding tert-OH is 1. The molecule has 1 fully saturated rings. The summed E-state index contributed by atoms with van der Waals surface area (Å²) in [6.07, 6.45) is 9.01. The third kappa shape index (κ3) is 4.84. The molecule has 0 radical (unpaired) electrons. The van der Waals surface area contributed by atoms with Crippen LogP contribution in [0.5, 0.6) is 0 Å². The van der Waals surface area contributed by atoms with Crippen LogP contribution < -0.4 is 0 Å². The molecule has 2 rings (SSSR count). The predicted octanol–water partition coefficient (Wildman–Crippen LogP) is 2.12. The Kier molecular flexibility index (Phi) is 5.79. The van der Waals surface area contributed by atoms with Crippen LogP contribution in [0.25, 0.3) is 0 Å². The van der Waals surface area contributed by atoms with Gasteiger partial charge >= 0.3 is 0 Å². The number of hydrogen-bond acceptors (Lipinski definition) is 3. The van der Waals surface area contributed by atoms with Gasteiger partial charge in [-0.15, -0.1) is 0 Å². The van der Waals surface area contributed by atoms with Crippen molar-refractivity contribution in [3.8, 4) is 0 Å². The van der Waals surface area contributed by atoms with Gasteiger partial charge in [-0.2, -0.15) is 5.10 Å². The fourth-order valence-electron chi connectivity index (χ4n) is 3.09. The maximum atomic E-state index is 12.5. The minimum atomic E-state index is -0.350. The minimum absolute atomic E-state index is 0.190. The molecule has 1 aromatic heterocycles. The van der Waals surface area contributed by atoms with Gasteiger partial charge in [0.2, 0.25) is 5.91 Å². The first-order valence-corrected chi connectivity index (χ1v) is 8.03. The maximum absolute atomic E-state index is 12.5. The van der Waals surface area contributed by atoms with E-state index in [2.05, 4.69) is 5.10 Å². The lowest BCUT2D eigenvalue weighted by Crippen LogP contribution is -2.41. The van der Waals surface area contributed by atoms with Gasteiger partial charge in [0, 0.05) is 31.7 Å². The molecule has 1 amide bonds. The van der Waals surface area contributed by atoms with E-state index in [-0.39, 0.29) is 18.1 Å². The Morgan fingerprint density at radius 1 is 1.48 bits per heavy atom. The molecule has 118 valence electrons. The van der Waals surface area contributed by atoms with Crippen LogP contribution in [0.4, 0.5) is 0 Å². The molecule has 1 aliphatic rings. The third-order valence-corrected chi connectivity index (χ3v) is 4.13. The average molecular weight is 293 g/mol. The average Bonchev–Trinajstić information content (AvgIpc) is 2.70. The Bertz CT molecular complexity index is 456. The summed E-state index contributed by atoms with van der Waals surface area (Å²) in [6, 6.07) is 0.194. The second-order valence-corrected chi connectivity index (χ2v) is 6.21. The molecule has 0 spiro atoms. The molecule has 2 unspecified atom stereocenters. The van der Waals surface area contributed by atoms with Crippen LogP contribution in [0.1, 0.15) is 51.0 Å². The van der Waals surface area contributed by atoms with Crippen LogP contribution in [0.2, 0.25) is 0 Å². The highest BCUT2D eigenvalue weighted by Crippen LogP contribution is 2.21. The van der Waals surface area contributed by atoms with Crippen molar-refractivity contribution in [1.29, 1.82) is 0 Å². The van der Waals surface area contributed by atoms with Crippen LogP contribution in [-0.4, -0.2) is 44.4 Å². The van der Waals surface area contributed by atoms with E-state index >= 15 is 0 Å². The number of carbonyl (C=O) groups is 1. The number of nitrogens with zero attached hydrogens (tertiary/aromatic N) is 3. The summed E-state index contributed by atoms with van der Waals surface area (Å²) < 4.78 is 1.83. The molecule has 0 bridgehead atoms. The smallest absolute Gasteiger partial charge is 0.224 e. The Morgan fingerprint density at radius 3 is 2.95 bits per heavy atom. The van der Waals surface area contributed by atoms with Crippen molar-refractivity contribution in [2.45, 2.75) is 71.1 Å². The Labute approximate surface area is 126 Å². The summed E-state index contributed by atoms with van der Waals surface area (Å²) in [5.74, 6) is 0.190. The Balaban J connectivity index is 1.93. The molecule has 1 N–H and O–H groups in total. The van der Waals surface area contributed by atoms with Crippen LogP contribution in [0.15, 0.2) is 12.4 Å². The van der Waals surface area contributed by atoms with Gasteiger partial charge in [0.05, 0.1) is 12.3 Å². The quantitative estimate of drug-likeness (QED) is 0.904. The van der Waals surface area contributed by atoms with Gasteiger partial charge in [0.25, 0.3) is 0 Å². The fourth-order valence-corrected chi connectivity index (χ4v) is 3.09. The summed E-state index contributed by atoms with van der Waals surface area (Å²) in [6.45, 7) is 5.26. The topological polar surface area (TPSA) is 58.4 Å². The highest BCUT2D eigenvalue weighted by atomic mass is 16.3. The SMILES string of the molecule is Cc1cnn(CCC(=O)N2CCCCCC2CC(C)O)c1. The lowest BCUT2D eigenvalue weighted by atomic mass is 10.0. The number of aliphatic hydroxyl groups is 1. The summed E-state index contributed by atoms with van der Waals surface area (Å²) in [7, 11) is 0. The molecule has 0 aromatic carbocycles. The summed E-state index contributed by atoms with van der Waals surface area (Å²) in [4.78, 5) is 14.5. The van der Waals surface area contributed by atoms with Gasteiger partial charge in [-0.1, -0.05) is 12.8 Å². The van der Waals surface area contributed by atoms with Crippen LogP contribution in [-0.2, 0) is 11.3 Å². The molecule has 5 heteroatoms. The number of aromatic nitrogens is 2. The zero-order chi connectivity index (χ0) is 15.2. The summed E-state index contributed by atoms with van der Waals surface area (Å²) in [5.41, 5.74) is 1.12. The highest BCUT2D eigenvalue weighted by molar-refractivity contribution is 5.76. The van der Waals surface area contributed by atoms with E-state index in [4.69, 9.17) is 0 Å². The molecule has 5 nitrogen and oxygen atoms in total. The van der Waals surface area contributed by atoms with Gasteiger partial charge in [-0.3, -0.25) is 9.48 Å². The van der Waals surface area contributed by atoms with Crippen LogP contribution in [0, 0.1) is 6.92 Å². The molecule has 0 aliphatic carbocycles. The lowest BCUT2D eigenvalue weighted by Gasteiger charge is -2.31. The van der Waals surface area contributed by atoms with E-state index in [1.54, 1.807) is 6.92 Å². The highest BCUT2D eigenvalue weighted by Gasteiger charge is 2.26. The first kappa shape index (κ1) is 16.0. The molecular weight excluding hydrogens is 266 g/mol. The van der Waals surface area contributed by atoms with Crippen LogP contribution in [0.3, 0.4) is 0 Å². The first-order chi connectivity index (χ1) is 10.1. The van der Waals surface area contributed by atoms with Crippen molar-refractivity contribution >= 4 is 5.91 Å². The molecular formula is C16H27N3O2. The molecule has 21 heavy (non-hydrogen) atoms. The van der Waals surface area contributed by atoms with Gasteiger partial charge in [-0.05, 0) is 38.7 Å². The number of carbonyl (C=O) groups excluding carboxylic acids is 1. The zero-order valence-electron chi connectivity index (χ0n) is 13.2. The predicted molar refractivity (Wildman–Crippen MR) is 81.8 cm³/mol. The van der Waals surface area contributed by atoms with Gasteiger partial charge in [0.1, 0.15) is 0 Å². The van der Waals surface area contributed by atoms with E-state index in [1.165, 1.54) is 6.42 Å². The standard InChI is InChI=1S/C16H27N3O2/c1-13-11-17-18(12-13)9-7-16(21)19-8-5-3-4-6-15(19)10-14(2)20/h11-12,14-15,20H,3-10H2,1-2H3. The number of aryl methyl sites for hydroxylation is 2. The molecule has 2 heterocycles. The van der Waals surface area contributed by atoms with E-state index < -0.39 is 0 Å². The van der Waals surface area contributed by atoms with Crippen molar-refractivity contribution in [3.63, 3.8) is 0 Å². The van der Waals surface area contributed by atoms with Crippen molar-refractivity contribution in [2.75, 3.05) is 6.54 Å². The summed E-state index contributed by atoms with van der Waals surface area (Å²) in [5, 5.41) is 13.9. The monoisotopic (exact) mass is 293 g/mol. The maximum Gasteiger partial charge on any atom is 0.224 e. The number of hydrogen-bond donors (Lipinski definition) is 1. The van der Waals surface area contributed by atoms with E-state index in [0.29, 0.717) is 19.4 Å². The zero-order valence-corrected chi connectivity index (χ0v) is 13.2. The van der Waals surface area contributed by atoms with Crippen molar-refractivity contribution < 1.29 is 9.90 Å². The van der Waals surface area contributed by atoms with Crippen molar-refractivity contribution in [2.24, 2.45) is 0 Å². The molecule has 1 aromatic rings. The Hall–Kier alpha value is -1.36. The largest absolute Gasteiger partial charge is 0.393 e. The Morgan fingerprint density at radius 2 is 2.29 bits per heavy atom. The molecule has 1 saturated heterocycles. The van der Waals surface area contributed by atoms with Gasteiger partial charge < -0.3 is 10.0 Å². The summed E-state index contributed by atoms with van der Waals surface area (Å²) >= 11 is 0.